The Balaban J connectivity index is 2.11. The molecular formula is C19H26N2O4. The smallest absolute Gasteiger partial charge is 0.328 e. The Hall–Kier alpha value is -2.37. The van der Waals surface area contributed by atoms with Gasteiger partial charge in [0.25, 0.3) is 5.91 Å². The third kappa shape index (κ3) is 4.38. The molecule has 0 unspecified atom stereocenters. The Bertz CT molecular complexity index is 639. The maximum Gasteiger partial charge on any atom is 0.328 e. The van der Waals surface area contributed by atoms with Crippen molar-refractivity contribution in [1.29, 1.82) is 0 Å². The van der Waals surface area contributed by atoms with Crippen molar-refractivity contribution < 1.29 is 19.1 Å². The Morgan fingerprint density at radius 2 is 1.84 bits per heavy atom. The molecule has 25 heavy (non-hydrogen) atoms. The summed E-state index contributed by atoms with van der Waals surface area (Å²) < 4.78 is 4.76. The highest BCUT2D eigenvalue weighted by Gasteiger charge is 2.37. The van der Waals surface area contributed by atoms with Crippen LogP contribution in [-0.2, 0) is 14.3 Å². The van der Waals surface area contributed by atoms with Crippen molar-refractivity contribution in [2.75, 3.05) is 13.7 Å². The minimum Gasteiger partial charge on any atom is -0.467 e. The second kappa shape index (κ2) is 8.14. The second-order valence-corrected chi connectivity index (χ2v) is 6.78. The van der Waals surface area contributed by atoms with Gasteiger partial charge in [-0.05, 0) is 37.8 Å². The number of esters is 1. The summed E-state index contributed by atoms with van der Waals surface area (Å²) in [4.78, 5) is 38.9. The number of rotatable bonds is 5. The summed E-state index contributed by atoms with van der Waals surface area (Å²) in [6, 6.07) is 6.04. The van der Waals surface area contributed by atoms with Gasteiger partial charge in [0, 0.05) is 12.1 Å². The number of hydrogen-bond acceptors (Lipinski definition) is 4. The highest BCUT2D eigenvalue weighted by Crippen LogP contribution is 2.21. The van der Waals surface area contributed by atoms with E-state index in [-0.39, 0.29) is 17.7 Å². The van der Waals surface area contributed by atoms with Crippen LogP contribution >= 0.6 is 0 Å². The molecule has 2 amide bonds. The fourth-order valence-electron chi connectivity index (χ4n) is 3.02. The molecule has 0 saturated carbocycles. The van der Waals surface area contributed by atoms with Crippen molar-refractivity contribution in [3.05, 3.63) is 35.4 Å². The molecule has 1 saturated heterocycles. The van der Waals surface area contributed by atoms with Crippen LogP contribution in [-0.4, -0.2) is 48.4 Å². The fraction of sp³-hybridized carbons (Fsp3) is 0.526. The first-order chi connectivity index (χ1) is 11.8. The van der Waals surface area contributed by atoms with Crippen LogP contribution in [0, 0.1) is 12.8 Å². The number of amides is 2. The first-order valence-electron chi connectivity index (χ1n) is 8.61. The number of carbonyl (C=O) groups excluding carboxylic acids is 3. The van der Waals surface area contributed by atoms with Crippen LogP contribution in [0.15, 0.2) is 24.3 Å². The molecule has 6 nitrogen and oxygen atoms in total. The van der Waals surface area contributed by atoms with E-state index in [1.54, 1.807) is 17.0 Å². The van der Waals surface area contributed by atoms with E-state index in [0.717, 1.165) is 12.0 Å². The highest BCUT2D eigenvalue weighted by atomic mass is 16.5. The standard InChI is InChI=1S/C19H26N2O4/c1-12(2)16(19(24)25-4)20-17(22)15-6-5-11-21(15)18(23)14-9-7-13(3)8-10-14/h7-10,12,15-16H,5-6,11H2,1-4H3,(H,20,22)/t15-,16+/m1/s1. The number of aryl methyl sites for hydroxylation is 1. The van der Waals surface area contributed by atoms with E-state index in [4.69, 9.17) is 4.74 Å². The number of nitrogens with one attached hydrogen (secondary N) is 1. The van der Waals surface area contributed by atoms with Crippen molar-refractivity contribution in [3.8, 4) is 0 Å². The van der Waals surface area contributed by atoms with E-state index in [1.165, 1.54) is 7.11 Å². The summed E-state index contributed by atoms with van der Waals surface area (Å²) in [7, 11) is 1.30. The average Bonchev–Trinajstić information content (AvgIpc) is 3.08. The van der Waals surface area contributed by atoms with E-state index in [9.17, 15) is 14.4 Å². The number of hydrogen-bond donors (Lipinski definition) is 1. The summed E-state index contributed by atoms with van der Waals surface area (Å²) in [6.45, 7) is 6.17. The van der Waals surface area contributed by atoms with Crippen LogP contribution in [0.1, 0.15) is 42.6 Å². The molecule has 6 heteroatoms. The summed E-state index contributed by atoms with van der Waals surface area (Å²) in [6.07, 6.45) is 1.36. The molecule has 0 aliphatic carbocycles. The molecule has 1 N–H and O–H groups in total. The first kappa shape index (κ1) is 19.0. The Kier molecular flexibility index (Phi) is 6.17. The van der Waals surface area contributed by atoms with Gasteiger partial charge in [-0.25, -0.2) is 4.79 Å². The molecule has 1 aliphatic heterocycles. The summed E-state index contributed by atoms with van der Waals surface area (Å²) in [5.41, 5.74) is 1.64. The normalized spacial score (nSPS) is 18.1. The zero-order chi connectivity index (χ0) is 18.6. The SMILES string of the molecule is COC(=O)[C@@H](NC(=O)[C@H]1CCCN1C(=O)c1ccc(C)cc1)C(C)C. The van der Waals surface area contributed by atoms with Crippen LogP contribution in [0.5, 0.6) is 0 Å². The maximum absolute atomic E-state index is 12.7. The van der Waals surface area contributed by atoms with Crippen LogP contribution in [0.3, 0.4) is 0 Å². The maximum atomic E-state index is 12.7. The van der Waals surface area contributed by atoms with Crippen LogP contribution < -0.4 is 5.32 Å². The summed E-state index contributed by atoms with van der Waals surface area (Å²) >= 11 is 0. The van der Waals surface area contributed by atoms with Crippen LogP contribution in [0.2, 0.25) is 0 Å². The molecule has 1 heterocycles. The molecule has 1 aromatic carbocycles. The highest BCUT2D eigenvalue weighted by molar-refractivity contribution is 5.98. The van der Waals surface area contributed by atoms with Crippen molar-refractivity contribution in [1.82, 2.24) is 10.2 Å². The molecule has 2 rings (SSSR count). The number of nitrogens with zero attached hydrogens (tertiary/aromatic N) is 1. The van der Waals surface area contributed by atoms with Crippen molar-refractivity contribution >= 4 is 17.8 Å². The fourth-order valence-corrected chi connectivity index (χ4v) is 3.02. The predicted molar refractivity (Wildman–Crippen MR) is 94.0 cm³/mol. The number of benzene rings is 1. The lowest BCUT2D eigenvalue weighted by atomic mass is 10.0. The average molecular weight is 346 g/mol. The van der Waals surface area contributed by atoms with E-state index in [0.29, 0.717) is 18.5 Å². The number of likely N-dealkylation sites (tertiary alicyclic amines) is 1. The third-order valence-corrected chi connectivity index (χ3v) is 4.53. The third-order valence-electron chi connectivity index (χ3n) is 4.53. The molecule has 136 valence electrons. The first-order valence-corrected chi connectivity index (χ1v) is 8.61. The minimum absolute atomic E-state index is 0.0981. The van der Waals surface area contributed by atoms with Gasteiger partial charge in [-0.3, -0.25) is 9.59 Å². The quantitative estimate of drug-likeness (QED) is 0.827. The number of ether oxygens (including phenoxy) is 1. The van der Waals surface area contributed by atoms with Crippen LogP contribution in [0.4, 0.5) is 0 Å². The van der Waals surface area contributed by atoms with Crippen molar-refractivity contribution in [2.24, 2.45) is 5.92 Å². The molecule has 1 fully saturated rings. The second-order valence-electron chi connectivity index (χ2n) is 6.78. The lowest BCUT2D eigenvalue weighted by Gasteiger charge is -2.27. The zero-order valence-corrected chi connectivity index (χ0v) is 15.2. The lowest BCUT2D eigenvalue weighted by Crippen LogP contribution is -2.52. The molecular weight excluding hydrogens is 320 g/mol. The number of carbonyl (C=O) groups is 3. The van der Waals surface area contributed by atoms with Crippen molar-refractivity contribution in [2.45, 2.75) is 45.7 Å². The van der Waals surface area contributed by atoms with Gasteiger partial charge in [-0.1, -0.05) is 31.5 Å². The molecule has 0 spiro atoms. The molecule has 1 aromatic rings. The predicted octanol–water partition coefficient (Wildman–Crippen LogP) is 1.91. The monoisotopic (exact) mass is 346 g/mol. The largest absolute Gasteiger partial charge is 0.467 e. The van der Waals surface area contributed by atoms with Gasteiger partial charge in [0.15, 0.2) is 0 Å². The Labute approximate surface area is 148 Å². The zero-order valence-electron chi connectivity index (χ0n) is 15.2. The Morgan fingerprint density at radius 3 is 2.40 bits per heavy atom. The van der Waals surface area contributed by atoms with Crippen molar-refractivity contribution in [3.63, 3.8) is 0 Å². The van der Waals surface area contributed by atoms with Gasteiger partial charge in [0.2, 0.25) is 5.91 Å². The van der Waals surface area contributed by atoms with E-state index >= 15 is 0 Å². The number of methoxy groups -OCH3 is 1. The van der Waals surface area contributed by atoms with Gasteiger partial charge < -0.3 is 15.0 Å². The van der Waals surface area contributed by atoms with E-state index in [2.05, 4.69) is 5.32 Å². The molecule has 0 aromatic heterocycles. The Morgan fingerprint density at radius 1 is 1.20 bits per heavy atom. The molecule has 2 atom stereocenters. The lowest BCUT2D eigenvalue weighted by molar-refractivity contribution is -0.146. The summed E-state index contributed by atoms with van der Waals surface area (Å²) in [5, 5.41) is 2.75. The van der Waals surface area contributed by atoms with Gasteiger partial charge >= 0.3 is 5.97 Å². The minimum atomic E-state index is -0.713. The summed E-state index contributed by atoms with van der Waals surface area (Å²) in [5.74, 6) is -1.03. The van der Waals surface area contributed by atoms with Gasteiger partial charge in [0.05, 0.1) is 7.11 Å². The van der Waals surface area contributed by atoms with Gasteiger partial charge in [-0.2, -0.15) is 0 Å². The van der Waals surface area contributed by atoms with Gasteiger partial charge in [0.1, 0.15) is 12.1 Å². The molecule has 0 radical (unpaired) electrons. The van der Waals surface area contributed by atoms with Crippen LogP contribution in [0.25, 0.3) is 0 Å². The molecule has 1 aliphatic rings. The van der Waals surface area contributed by atoms with E-state index in [1.807, 2.05) is 32.9 Å². The molecule has 0 bridgehead atoms. The van der Waals surface area contributed by atoms with E-state index < -0.39 is 18.1 Å². The topological polar surface area (TPSA) is 75.7 Å². The van der Waals surface area contributed by atoms with Gasteiger partial charge in [-0.15, -0.1) is 0 Å².